The summed E-state index contributed by atoms with van der Waals surface area (Å²) in [6.07, 6.45) is 2.18. The van der Waals surface area contributed by atoms with Gasteiger partial charge in [0.15, 0.2) is 0 Å². The fourth-order valence-corrected chi connectivity index (χ4v) is 4.34. The van der Waals surface area contributed by atoms with Gasteiger partial charge >= 0.3 is 6.09 Å². The Labute approximate surface area is 209 Å². The highest BCUT2D eigenvalue weighted by molar-refractivity contribution is 9.10. The molecule has 2 aromatic rings. The molecule has 1 aromatic carbocycles. The first-order chi connectivity index (χ1) is 16.4. The van der Waals surface area contributed by atoms with E-state index in [-0.39, 0.29) is 17.6 Å². The molecule has 0 unspecified atom stereocenters. The fraction of sp³-hybridized carbons (Fsp3) is 0.364. The predicted molar refractivity (Wildman–Crippen MR) is 132 cm³/mol. The molecule has 2 aliphatic heterocycles. The van der Waals surface area contributed by atoms with E-state index in [1.165, 1.54) is 24.3 Å². The van der Waals surface area contributed by atoms with E-state index < -0.39 is 18.0 Å². The molecule has 12 heteroatoms. The number of nitrogens with zero attached hydrogens (tertiary/aromatic N) is 4. The Bertz CT molecular complexity index is 1100. The van der Waals surface area contributed by atoms with Gasteiger partial charge in [0.25, 0.3) is 11.1 Å². The summed E-state index contributed by atoms with van der Waals surface area (Å²) in [6.45, 7) is 2.47. The topological polar surface area (TPSA) is 87.2 Å². The average molecular weight is 552 g/mol. The van der Waals surface area contributed by atoms with Crippen molar-refractivity contribution in [2.45, 2.75) is 6.10 Å². The minimum Gasteiger partial charge on any atom is -0.474 e. The van der Waals surface area contributed by atoms with Crippen LogP contribution in [0.3, 0.4) is 0 Å². The van der Waals surface area contributed by atoms with Crippen molar-refractivity contribution in [3.63, 3.8) is 0 Å². The van der Waals surface area contributed by atoms with Crippen LogP contribution in [0, 0.1) is 5.82 Å². The maximum Gasteiger partial charge on any atom is 0.414 e. The lowest BCUT2D eigenvalue weighted by Crippen LogP contribution is -2.49. The Morgan fingerprint density at radius 1 is 1.29 bits per heavy atom. The van der Waals surface area contributed by atoms with Crippen molar-refractivity contribution >= 4 is 56.7 Å². The van der Waals surface area contributed by atoms with E-state index in [4.69, 9.17) is 21.7 Å². The number of hydrogen-bond acceptors (Lipinski definition) is 7. The first-order valence-corrected chi connectivity index (χ1v) is 11.8. The van der Waals surface area contributed by atoms with Gasteiger partial charge in [-0.05, 0) is 52.4 Å². The first-order valence-electron chi connectivity index (χ1n) is 10.6. The summed E-state index contributed by atoms with van der Waals surface area (Å²) < 4.78 is 25.9. The van der Waals surface area contributed by atoms with Crippen LogP contribution < -0.4 is 15.1 Å². The number of carbonyl (C=O) groups excluding carboxylic acids is 2. The standard InChI is InChI=1S/C22H23BrFN5O4S/c1-32-21(34)26-12-17-13-29(22(31)33-17)16-2-3-19(18(24)9-16)27-4-6-28(7-5-27)20(30)14-8-15(23)11-25-10-14/h2-3,8-11,17H,4-7,12-13H2,1H3,(H,26,34)/t17-/m0/s1. The zero-order valence-electron chi connectivity index (χ0n) is 18.4. The molecule has 0 radical (unpaired) electrons. The van der Waals surface area contributed by atoms with Gasteiger partial charge in [0.05, 0.1) is 37.1 Å². The van der Waals surface area contributed by atoms with Crippen LogP contribution in [-0.4, -0.2) is 79.5 Å². The van der Waals surface area contributed by atoms with Crippen molar-refractivity contribution in [2.75, 3.05) is 56.2 Å². The molecule has 0 saturated carbocycles. The number of aromatic nitrogens is 1. The normalized spacial score (nSPS) is 18.0. The number of pyridine rings is 1. The number of anilines is 2. The molecule has 2 amide bonds. The average Bonchev–Trinajstić information content (AvgIpc) is 3.22. The van der Waals surface area contributed by atoms with Gasteiger partial charge in [-0.25, -0.2) is 9.18 Å². The number of rotatable bonds is 5. The Balaban J connectivity index is 1.36. The van der Waals surface area contributed by atoms with Gasteiger partial charge in [0.2, 0.25) is 0 Å². The van der Waals surface area contributed by atoms with E-state index in [9.17, 15) is 9.59 Å². The van der Waals surface area contributed by atoms with Crippen LogP contribution in [0.25, 0.3) is 0 Å². The second-order valence-corrected chi connectivity index (χ2v) is 9.08. The molecule has 34 heavy (non-hydrogen) atoms. The number of thiocarbonyl (C=S) groups is 1. The highest BCUT2D eigenvalue weighted by Gasteiger charge is 2.33. The van der Waals surface area contributed by atoms with Crippen LogP contribution in [0.1, 0.15) is 10.4 Å². The molecular weight excluding hydrogens is 529 g/mol. The highest BCUT2D eigenvalue weighted by Crippen LogP contribution is 2.28. The molecule has 9 nitrogen and oxygen atoms in total. The molecule has 0 bridgehead atoms. The van der Waals surface area contributed by atoms with Crippen molar-refractivity contribution in [2.24, 2.45) is 0 Å². The van der Waals surface area contributed by atoms with Crippen LogP contribution >= 0.6 is 28.1 Å². The summed E-state index contributed by atoms with van der Waals surface area (Å²) >= 11 is 8.25. The number of ether oxygens (including phenoxy) is 2. The van der Waals surface area contributed by atoms with E-state index in [1.54, 1.807) is 29.3 Å². The molecule has 2 saturated heterocycles. The van der Waals surface area contributed by atoms with Crippen LogP contribution in [-0.2, 0) is 9.47 Å². The molecular formula is C22H23BrFN5O4S. The van der Waals surface area contributed by atoms with Crippen LogP contribution in [0.5, 0.6) is 0 Å². The lowest BCUT2D eigenvalue weighted by atomic mass is 10.2. The molecule has 2 fully saturated rings. The number of benzene rings is 1. The molecule has 180 valence electrons. The fourth-order valence-electron chi connectivity index (χ4n) is 3.89. The maximum absolute atomic E-state index is 15.0. The molecule has 1 N–H and O–H groups in total. The van der Waals surface area contributed by atoms with Gasteiger partial charge in [-0.15, -0.1) is 0 Å². The Kier molecular flexibility index (Phi) is 7.47. The number of methoxy groups -OCH3 is 1. The molecule has 0 aliphatic carbocycles. The van der Waals surface area contributed by atoms with Crippen LogP contribution in [0.4, 0.5) is 20.6 Å². The van der Waals surface area contributed by atoms with E-state index >= 15 is 4.39 Å². The zero-order chi connectivity index (χ0) is 24.2. The summed E-state index contributed by atoms with van der Waals surface area (Å²) in [5.74, 6) is -0.546. The second kappa shape index (κ2) is 10.5. The van der Waals surface area contributed by atoms with Gasteiger partial charge in [-0.1, -0.05) is 0 Å². The van der Waals surface area contributed by atoms with Gasteiger partial charge in [-0.2, -0.15) is 0 Å². The minimum absolute atomic E-state index is 0.105. The Hall–Kier alpha value is -2.99. The van der Waals surface area contributed by atoms with E-state index in [1.807, 2.05) is 4.90 Å². The smallest absolute Gasteiger partial charge is 0.414 e. The minimum atomic E-state index is -0.545. The quantitative estimate of drug-likeness (QED) is 0.567. The monoisotopic (exact) mass is 551 g/mol. The van der Waals surface area contributed by atoms with Crippen molar-refractivity contribution in [3.8, 4) is 0 Å². The summed E-state index contributed by atoms with van der Waals surface area (Å²) in [4.78, 5) is 34.0. The summed E-state index contributed by atoms with van der Waals surface area (Å²) in [5.41, 5.74) is 1.35. The Morgan fingerprint density at radius 2 is 2.06 bits per heavy atom. The number of amides is 2. The molecule has 0 spiro atoms. The van der Waals surface area contributed by atoms with Crippen molar-refractivity contribution in [1.82, 2.24) is 15.2 Å². The second-order valence-electron chi connectivity index (χ2n) is 7.80. The van der Waals surface area contributed by atoms with E-state index in [0.29, 0.717) is 49.7 Å². The summed E-state index contributed by atoms with van der Waals surface area (Å²) in [6, 6.07) is 6.41. The lowest BCUT2D eigenvalue weighted by molar-refractivity contribution is 0.0746. The number of hydrogen-bond donors (Lipinski definition) is 1. The molecule has 1 atom stereocenters. The third kappa shape index (κ3) is 5.39. The van der Waals surface area contributed by atoms with Crippen molar-refractivity contribution in [1.29, 1.82) is 0 Å². The first kappa shape index (κ1) is 24.1. The van der Waals surface area contributed by atoms with Gasteiger partial charge < -0.3 is 24.6 Å². The SMILES string of the molecule is COC(=S)NC[C@H]1CN(c2ccc(N3CCN(C(=O)c4cncc(Br)c4)CC3)c(F)c2)C(=O)O1. The molecule has 2 aliphatic rings. The largest absolute Gasteiger partial charge is 0.474 e. The molecule has 4 rings (SSSR count). The van der Waals surface area contributed by atoms with E-state index in [2.05, 4.69) is 26.2 Å². The summed E-state index contributed by atoms with van der Waals surface area (Å²) in [5, 5.41) is 3.05. The summed E-state index contributed by atoms with van der Waals surface area (Å²) in [7, 11) is 1.45. The van der Waals surface area contributed by atoms with Gasteiger partial charge in [0, 0.05) is 43.0 Å². The van der Waals surface area contributed by atoms with E-state index in [0.717, 1.165) is 4.47 Å². The zero-order valence-corrected chi connectivity index (χ0v) is 20.8. The number of piperazine rings is 1. The van der Waals surface area contributed by atoms with Crippen LogP contribution in [0.15, 0.2) is 41.1 Å². The Morgan fingerprint density at radius 3 is 2.74 bits per heavy atom. The number of carbonyl (C=O) groups is 2. The van der Waals surface area contributed by atoms with Gasteiger partial charge in [0.1, 0.15) is 11.9 Å². The van der Waals surface area contributed by atoms with Crippen LogP contribution in [0.2, 0.25) is 0 Å². The number of halogens is 2. The third-order valence-electron chi connectivity index (χ3n) is 5.64. The number of cyclic esters (lactones) is 1. The van der Waals surface area contributed by atoms with Crippen molar-refractivity contribution in [3.05, 3.63) is 52.5 Å². The number of nitrogens with one attached hydrogen (secondary N) is 1. The molecule has 3 heterocycles. The molecule has 1 aromatic heterocycles. The third-order valence-corrected chi connectivity index (χ3v) is 6.38. The van der Waals surface area contributed by atoms with Crippen molar-refractivity contribution < 1.29 is 23.5 Å². The maximum atomic E-state index is 15.0. The predicted octanol–water partition coefficient (Wildman–Crippen LogP) is 2.79. The van der Waals surface area contributed by atoms with Gasteiger partial charge in [-0.3, -0.25) is 14.7 Å². The lowest BCUT2D eigenvalue weighted by Gasteiger charge is -2.36. The highest BCUT2D eigenvalue weighted by atomic mass is 79.9.